The van der Waals surface area contributed by atoms with Crippen molar-refractivity contribution in [2.24, 2.45) is 5.73 Å². The zero-order valence-electron chi connectivity index (χ0n) is 9.22. The van der Waals surface area contributed by atoms with Crippen LogP contribution in [0.25, 0.3) is 0 Å². The Morgan fingerprint density at radius 3 is 2.62 bits per heavy atom. The van der Waals surface area contributed by atoms with E-state index in [1.807, 2.05) is 37.3 Å². The second-order valence-electron chi connectivity index (χ2n) is 3.21. The summed E-state index contributed by atoms with van der Waals surface area (Å²) in [5.74, 6) is -0.368. The Kier molecular flexibility index (Phi) is 4.86. The van der Waals surface area contributed by atoms with E-state index in [2.05, 4.69) is 0 Å². The van der Waals surface area contributed by atoms with Gasteiger partial charge in [0.15, 0.2) is 0 Å². The van der Waals surface area contributed by atoms with Gasteiger partial charge in [0, 0.05) is 18.2 Å². The lowest BCUT2D eigenvalue weighted by molar-refractivity contribution is -0.133. The standard InChI is InChI=1S/C13H15NO2/c1-2-12(13(15)16-9-8-14)10-11-6-4-3-5-7-11/h2-9H,10,14H2,1H3. The first-order valence-electron chi connectivity index (χ1n) is 5.04. The van der Waals surface area contributed by atoms with Gasteiger partial charge in [0.2, 0.25) is 0 Å². The van der Waals surface area contributed by atoms with Crippen LogP contribution in [-0.4, -0.2) is 5.97 Å². The molecule has 0 fully saturated rings. The van der Waals surface area contributed by atoms with Crippen molar-refractivity contribution >= 4 is 5.97 Å². The summed E-state index contributed by atoms with van der Waals surface area (Å²) < 4.78 is 4.80. The summed E-state index contributed by atoms with van der Waals surface area (Å²) in [4.78, 5) is 11.5. The minimum absolute atomic E-state index is 0.368. The molecule has 0 radical (unpaired) electrons. The predicted molar refractivity (Wildman–Crippen MR) is 63.3 cm³/mol. The Labute approximate surface area is 95.2 Å². The van der Waals surface area contributed by atoms with Crippen molar-refractivity contribution in [3.05, 3.63) is 60.0 Å². The molecule has 2 N–H and O–H groups in total. The summed E-state index contributed by atoms with van der Waals surface area (Å²) in [7, 11) is 0. The Hall–Kier alpha value is -2.03. The number of esters is 1. The second-order valence-corrected chi connectivity index (χ2v) is 3.21. The molecule has 0 aliphatic carbocycles. The molecule has 1 rings (SSSR count). The maximum Gasteiger partial charge on any atom is 0.338 e. The van der Waals surface area contributed by atoms with Gasteiger partial charge in [0.25, 0.3) is 0 Å². The molecule has 84 valence electrons. The lowest BCUT2D eigenvalue weighted by Gasteiger charge is -2.04. The molecule has 3 heteroatoms. The third-order valence-electron chi connectivity index (χ3n) is 2.10. The molecular formula is C13H15NO2. The molecule has 0 aliphatic rings. The Bertz CT molecular complexity index is 394. The number of hydrogen-bond donors (Lipinski definition) is 1. The van der Waals surface area contributed by atoms with E-state index in [1.165, 1.54) is 12.5 Å². The average molecular weight is 217 g/mol. The number of nitrogens with two attached hydrogens (primary N) is 1. The fourth-order valence-electron chi connectivity index (χ4n) is 1.28. The van der Waals surface area contributed by atoms with E-state index in [-0.39, 0.29) is 5.97 Å². The van der Waals surface area contributed by atoms with Gasteiger partial charge < -0.3 is 10.5 Å². The molecule has 3 nitrogen and oxygen atoms in total. The van der Waals surface area contributed by atoms with Gasteiger partial charge in [-0.15, -0.1) is 0 Å². The zero-order valence-corrected chi connectivity index (χ0v) is 9.22. The first-order valence-corrected chi connectivity index (χ1v) is 5.04. The Morgan fingerprint density at radius 1 is 1.38 bits per heavy atom. The van der Waals surface area contributed by atoms with Crippen molar-refractivity contribution in [1.29, 1.82) is 0 Å². The van der Waals surface area contributed by atoms with Gasteiger partial charge in [-0.3, -0.25) is 0 Å². The summed E-state index contributed by atoms with van der Waals surface area (Å²) in [5.41, 5.74) is 6.78. The zero-order chi connectivity index (χ0) is 11.8. The van der Waals surface area contributed by atoms with E-state index in [9.17, 15) is 4.79 Å². The van der Waals surface area contributed by atoms with E-state index in [0.717, 1.165) is 5.56 Å². The van der Waals surface area contributed by atoms with E-state index in [1.54, 1.807) is 6.08 Å². The van der Waals surface area contributed by atoms with Crippen molar-refractivity contribution in [1.82, 2.24) is 0 Å². The van der Waals surface area contributed by atoms with E-state index in [0.29, 0.717) is 12.0 Å². The van der Waals surface area contributed by atoms with Crippen LogP contribution in [0.1, 0.15) is 12.5 Å². The molecular weight excluding hydrogens is 202 g/mol. The highest BCUT2D eigenvalue weighted by atomic mass is 16.5. The summed E-state index contributed by atoms with van der Waals surface area (Å²) in [5, 5.41) is 0. The van der Waals surface area contributed by atoms with Crippen molar-refractivity contribution in [2.45, 2.75) is 13.3 Å². The molecule has 1 aromatic carbocycles. The molecule has 16 heavy (non-hydrogen) atoms. The predicted octanol–water partition coefficient (Wildman–Crippen LogP) is 2.15. The molecule has 0 aromatic heterocycles. The minimum Gasteiger partial charge on any atom is -0.430 e. The highest BCUT2D eigenvalue weighted by Crippen LogP contribution is 2.09. The van der Waals surface area contributed by atoms with Crippen LogP contribution in [0, 0.1) is 0 Å². The summed E-state index contributed by atoms with van der Waals surface area (Å²) >= 11 is 0. The molecule has 0 bridgehead atoms. The monoisotopic (exact) mass is 217 g/mol. The van der Waals surface area contributed by atoms with Gasteiger partial charge in [0.1, 0.15) is 6.26 Å². The van der Waals surface area contributed by atoms with Crippen molar-refractivity contribution in [3.8, 4) is 0 Å². The van der Waals surface area contributed by atoms with Crippen LogP contribution in [0.4, 0.5) is 0 Å². The number of allylic oxidation sites excluding steroid dienone is 1. The van der Waals surface area contributed by atoms with Gasteiger partial charge in [0.05, 0.1) is 0 Å². The second kappa shape index (κ2) is 6.45. The van der Waals surface area contributed by atoms with Crippen molar-refractivity contribution in [3.63, 3.8) is 0 Å². The van der Waals surface area contributed by atoms with Gasteiger partial charge in [-0.05, 0) is 12.5 Å². The number of rotatable bonds is 4. The maximum atomic E-state index is 11.5. The molecule has 0 saturated heterocycles. The molecule has 0 heterocycles. The van der Waals surface area contributed by atoms with Crippen LogP contribution in [0.3, 0.4) is 0 Å². The Morgan fingerprint density at radius 2 is 2.06 bits per heavy atom. The summed E-state index contributed by atoms with van der Waals surface area (Å²) in [6, 6.07) is 9.75. The van der Waals surface area contributed by atoms with E-state index in [4.69, 9.17) is 10.5 Å². The number of benzene rings is 1. The number of ether oxygens (including phenoxy) is 1. The van der Waals surface area contributed by atoms with Crippen LogP contribution in [-0.2, 0) is 16.0 Å². The quantitative estimate of drug-likeness (QED) is 0.477. The molecule has 0 amide bonds. The van der Waals surface area contributed by atoms with Crippen LogP contribution in [0.2, 0.25) is 0 Å². The maximum absolute atomic E-state index is 11.5. The van der Waals surface area contributed by atoms with Gasteiger partial charge in [-0.2, -0.15) is 0 Å². The molecule has 0 spiro atoms. The van der Waals surface area contributed by atoms with Crippen LogP contribution < -0.4 is 5.73 Å². The van der Waals surface area contributed by atoms with Gasteiger partial charge >= 0.3 is 5.97 Å². The van der Waals surface area contributed by atoms with Gasteiger partial charge in [-0.1, -0.05) is 36.4 Å². The molecule has 0 aliphatic heterocycles. The number of hydrogen-bond acceptors (Lipinski definition) is 3. The lowest BCUT2D eigenvalue weighted by Crippen LogP contribution is -2.07. The third kappa shape index (κ3) is 3.61. The SMILES string of the molecule is CC=C(Cc1ccccc1)C(=O)OC=CN. The number of carbonyl (C=O) groups is 1. The topological polar surface area (TPSA) is 52.3 Å². The molecule has 0 saturated carbocycles. The summed E-state index contributed by atoms with van der Waals surface area (Å²) in [6.45, 7) is 1.81. The smallest absolute Gasteiger partial charge is 0.338 e. The van der Waals surface area contributed by atoms with Gasteiger partial charge in [-0.25, -0.2) is 4.79 Å². The third-order valence-corrected chi connectivity index (χ3v) is 2.10. The van der Waals surface area contributed by atoms with Crippen LogP contribution in [0.5, 0.6) is 0 Å². The molecule has 0 unspecified atom stereocenters. The minimum atomic E-state index is -0.368. The Balaban J connectivity index is 2.67. The first kappa shape index (κ1) is 12.0. The fraction of sp³-hybridized carbons (Fsp3) is 0.154. The first-order chi connectivity index (χ1) is 7.77. The molecule has 1 aromatic rings. The summed E-state index contributed by atoms with van der Waals surface area (Å²) in [6.07, 6.45) is 4.68. The fourth-order valence-corrected chi connectivity index (χ4v) is 1.28. The van der Waals surface area contributed by atoms with Crippen LogP contribution >= 0.6 is 0 Å². The van der Waals surface area contributed by atoms with Crippen LogP contribution in [0.15, 0.2) is 54.4 Å². The average Bonchev–Trinajstić information content (AvgIpc) is 2.34. The van der Waals surface area contributed by atoms with Crippen molar-refractivity contribution < 1.29 is 9.53 Å². The van der Waals surface area contributed by atoms with E-state index < -0.39 is 0 Å². The molecule has 0 atom stereocenters. The normalized spacial score (nSPS) is 11.7. The lowest BCUT2D eigenvalue weighted by atomic mass is 10.1. The van der Waals surface area contributed by atoms with E-state index >= 15 is 0 Å². The highest BCUT2D eigenvalue weighted by Gasteiger charge is 2.09. The number of carbonyl (C=O) groups excluding carboxylic acids is 1. The van der Waals surface area contributed by atoms with Crippen molar-refractivity contribution in [2.75, 3.05) is 0 Å². The largest absolute Gasteiger partial charge is 0.430 e. The highest BCUT2D eigenvalue weighted by molar-refractivity contribution is 5.89.